The maximum Gasteiger partial charge on any atom is 0.258 e. The number of H-pyrrole nitrogens is 1. The first-order chi connectivity index (χ1) is 5.15. The van der Waals surface area contributed by atoms with Crippen LogP contribution in [0, 0.1) is 6.92 Å². The Balaban J connectivity index is 3.36. The van der Waals surface area contributed by atoms with Crippen LogP contribution in [-0.4, -0.2) is 17.1 Å². The average molecular weight is 219 g/mol. The highest BCUT2D eigenvalue weighted by Gasteiger charge is 2.04. The van der Waals surface area contributed by atoms with Gasteiger partial charge in [-0.1, -0.05) is 0 Å². The van der Waals surface area contributed by atoms with Crippen LogP contribution in [-0.2, 0) is 0 Å². The number of aromatic nitrogens is 2. The molecule has 5 heteroatoms. The molecule has 0 amide bonds. The Morgan fingerprint density at radius 3 is 2.82 bits per heavy atom. The second kappa shape index (κ2) is 3.04. The van der Waals surface area contributed by atoms with Crippen molar-refractivity contribution in [2.45, 2.75) is 6.92 Å². The van der Waals surface area contributed by atoms with E-state index in [2.05, 4.69) is 25.9 Å². The number of halogens is 1. The maximum absolute atomic E-state index is 11.0. The Hall–Kier alpha value is -0.840. The minimum absolute atomic E-state index is 0.191. The molecule has 0 aliphatic heterocycles. The first-order valence-corrected chi connectivity index (χ1v) is 3.75. The topological polar surface area (TPSA) is 55.0 Å². The molecule has 1 heterocycles. The molecule has 0 spiro atoms. The lowest BCUT2D eigenvalue weighted by Gasteiger charge is -2.00. The predicted molar refractivity (Wildman–Crippen MR) is 43.8 cm³/mol. The van der Waals surface area contributed by atoms with E-state index < -0.39 is 0 Å². The van der Waals surface area contributed by atoms with Gasteiger partial charge in [-0.15, -0.1) is 0 Å². The number of hydrogen-bond acceptors (Lipinski definition) is 3. The highest BCUT2D eigenvalue weighted by molar-refractivity contribution is 9.10. The first kappa shape index (κ1) is 8.26. The molecule has 0 radical (unpaired) electrons. The molecular formula is C6H7BrN2O2. The molecule has 0 saturated carbocycles. The molecule has 0 fully saturated rings. The second-order valence-corrected chi connectivity index (χ2v) is 2.74. The molecule has 1 N–H and O–H groups in total. The summed E-state index contributed by atoms with van der Waals surface area (Å²) >= 11 is 3.04. The van der Waals surface area contributed by atoms with Gasteiger partial charge in [0.15, 0.2) is 4.73 Å². The third-order valence-electron chi connectivity index (χ3n) is 1.27. The number of nitrogens with zero attached hydrogens (tertiary/aromatic N) is 1. The van der Waals surface area contributed by atoms with Gasteiger partial charge in [0.05, 0.1) is 12.7 Å². The van der Waals surface area contributed by atoms with Crippen molar-refractivity contribution in [3.8, 4) is 5.88 Å². The van der Waals surface area contributed by atoms with E-state index in [1.54, 1.807) is 6.92 Å². The summed E-state index contributed by atoms with van der Waals surface area (Å²) in [5.41, 5.74) is 0.291. The van der Waals surface area contributed by atoms with Crippen LogP contribution in [0.4, 0.5) is 0 Å². The normalized spacial score (nSPS) is 9.73. The summed E-state index contributed by atoms with van der Waals surface area (Å²) in [5, 5.41) is 0. The maximum atomic E-state index is 11.0. The lowest BCUT2D eigenvalue weighted by molar-refractivity contribution is 0.391. The Kier molecular flexibility index (Phi) is 2.28. The highest BCUT2D eigenvalue weighted by atomic mass is 79.9. The van der Waals surface area contributed by atoms with E-state index in [9.17, 15) is 4.79 Å². The van der Waals surface area contributed by atoms with Crippen LogP contribution >= 0.6 is 15.9 Å². The van der Waals surface area contributed by atoms with E-state index in [4.69, 9.17) is 4.74 Å². The minimum Gasteiger partial charge on any atom is -0.481 e. The molecule has 0 unspecified atom stereocenters. The highest BCUT2D eigenvalue weighted by Crippen LogP contribution is 2.10. The van der Waals surface area contributed by atoms with Crippen molar-refractivity contribution in [3.05, 3.63) is 20.7 Å². The average Bonchev–Trinajstić information content (AvgIpc) is 1.96. The van der Waals surface area contributed by atoms with Crippen molar-refractivity contribution in [2.75, 3.05) is 7.11 Å². The van der Waals surface area contributed by atoms with E-state index in [1.165, 1.54) is 7.11 Å². The van der Waals surface area contributed by atoms with E-state index in [-0.39, 0.29) is 5.56 Å². The van der Waals surface area contributed by atoms with Crippen LogP contribution in [0.25, 0.3) is 0 Å². The molecule has 0 atom stereocenters. The van der Waals surface area contributed by atoms with Gasteiger partial charge in [0.2, 0.25) is 5.88 Å². The molecule has 0 aromatic carbocycles. The monoisotopic (exact) mass is 218 g/mol. The van der Waals surface area contributed by atoms with E-state index >= 15 is 0 Å². The van der Waals surface area contributed by atoms with Crippen LogP contribution in [0.2, 0.25) is 0 Å². The second-order valence-electron chi connectivity index (χ2n) is 1.99. The Morgan fingerprint density at radius 2 is 2.27 bits per heavy atom. The van der Waals surface area contributed by atoms with E-state index in [1.807, 2.05) is 0 Å². The largest absolute Gasteiger partial charge is 0.481 e. The summed E-state index contributed by atoms with van der Waals surface area (Å²) < 4.78 is 5.23. The van der Waals surface area contributed by atoms with E-state index in [0.717, 1.165) is 0 Å². The number of methoxy groups -OCH3 is 1. The third-order valence-corrected chi connectivity index (χ3v) is 1.65. The molecule has 0 aliphatic carbocycles. The third kappa shape index (κ3) is 1.59. The van der Waals surface area contributed by atoms with Crippen LogP contribution in [0.15, 0.2) is 9.53 Å². The van der Waals surface area contributed by atoms with Crippen LogP contribution < -0.4 is 10.3 Å². The minimum atomic E-state index is -0.191. The molecule has 1 aromatic heterocycles. The molecule has 1 aromatic rings. The molecule has 0 aliphatic rings. The SMILES string of the molecule is COc1nc(Br)[nH]c(=O)c1C. The number of rotatable bonds is 1. The van der Waals surface area contributed by atoms with Crippen molar-refractivity contribution in [1.29, 1.82) is 0 Å². The summed E-state index contributed by atoms with van der Waals surface area (Å²) in [4.78, 5) is 17.4. The van der Waals surface area contributed by atoms with Crippen molar-refractivity contribution < 1.29 is 4.74 Å². The van der Waals surface area contributed by atoms with Gasteiger partial charge in [0.25, 0.3) is 5.56 Å². The lowest BCUT2D eigenvalue weighted by atomic mass is 10.4. The zero-order chi connectivity index (χ0) is 8.43. The summed E-state index contributed by atoms with van der Waals surface area (Å²) in [6, 6.07) is 0. The van der Waals surface area contributed by atoms with Crippen LogP contribution in [0.3, 0.4) is 0 Å². The number of ether oxygens (including phenoxy) is 1. The summed E-state index contributed by atoms with van der Waals surface area (Å²) in [7, 11) is 1.47. The fourth-order valence-corrected chi connectivity index (χ4v) is 1.03. The van der Waals surface area contributed by atoms with Gasteiger partial charge in [-0.05, 0) is 22.9 Å². The van der Waals surface area contributed by atoms with Crippen molar-refractivity contribution in [3.63, 3.8) is 0 Å². The van der Waals surface area contributed by atoms with Gasteiger partial charge in [-0.25, -0.2) is 0 Å². The first-order valence-electron chi connectivity index (χ1n) is 2.95. The van der Waals surface area contributed by atoms with Gasteiger partial charge in [-0.3, -0.25) is 4.79 Å². The fourth-order valence-electron chi connectivity index (χ4n) is 0.684. The van der Waals surface area contributed by atoms with Gasteiger partial charge in [-0.2, -0.15) is 4.98 Å². The van der Waals surface area contributed by atoms with Gasteiger partial charge in [0.1, 0.15) is 0 Å². The zero-order valence-corrected chi connectivity index (χ0v) is 7.73. The van der Waals surface area contributed by atoms with Crippen LogP contribution in [0.5, 0.6) is 5.88 Å². The Bertz CT molecular complexity index is 321. The van der Waals surface area contributed by atoms with E-state index in [0.29, 0.717) is 16.2 Å². The van der Waals surface area contributed by atoms with Crippen LogP contribution in [0.1, 0.15) is 5.56 Å². The fraction of sp³-hybridized carbons (Fsp3) is 0.333. The van der Waals surface area contributed by atoms with Crippen molar-refractivity contribution in [1.82, 2.24) is 9.97 Å². The van der Waals surface area contributed by atoms with Gasteiger partial charge < -0.3 is 9.72 Å². The standard InChI is InChI=1S/C6H7BrN2O2/c1-3-4(10)8-6(7)9-5(3)11-2/h1-2H3,(H,8,9,10). The summed E-state index contributed by atoms with van der Waals surface area (Å²) in [6.07, 6.45) is 0. The molecule has 0 bridgehead atoms. The zero-order valence-electron chi connectivity index (χ0n) is 6.14. The van der Waals surface area contributed by atoms with Gasteiger partial charge in [0, 0.05) is 0 Å². The summed E-state index contributed by atoms with van der Waals surface area (Å²) in [6.45, 7) is 1.65. The molecule has 11 heavy (non-hydrogen) atoms. The lowest BCUT2D eigenvalue weighted by Crippen LogP contribution is -2.12. The number of aromatic amines is 1. The van der Waals surface area contributed by atoms with Crippen molar-refractivity contribution in [2.24, 2.45) is 0 Å². The molecule has 60 valence electrons. The number of hydrogen-bond donors (Lipinski definition) is 1. The Labute approximate surface area is 71.7 Å². The quantitative estimate of drug-likeness (QED) is 0.712. The smallest absolute Gasteiger partial charge is 0.258 e. The molecular weight excluding hydrogens is 212 g/mol. The number of nitrogens with one attached hydrogen (secondary N) is 1. The molecule has 4 nitrogen and oxygen atoms in total. The van der Waals surface area contributed by atoms with Gasteiger partial charge >= 0.3 is 0 Å². The van der Waals surface area contributed by atoms with Crippen molar-refractivity contribution >= 4 is 15.9 Å². The molecule has 0 saturated heterocycles. The summed E-state index contributed by atoms with van der Waals surface area (Å²) in [5.74, 6) is 0.348. The molecule has 1 rings (SSSR count). The predicted octanol–water partition coefficient (Wildman–Crippen LogP) is 0.849. The Morgan fingerprint density at radius 1 is 1.64 bits per heavy atom.